The minimum Gasteiger partial charge on any atom is -0.465 e. The van der Waals surface area contributed by atoms with Gasteiger partial charge in [0.25, 0.3) is 0 Å². The molecule has 0 aliphatic heterocycles. The van der Waals surface area contributed by atoms with E-state index in [9.17, 15) is 9.18 Å². The van der Waals surface area contributed by atoms with Gasteiger partial charge in [-0.3, -0.25) is 4.79 Å². The molecule has 1 unspecified atom stereocenters. The van der Waals surface area contributed by atoms with Gasteiger partial charge >= 0.3 is 5.97 Å². The Morgan fingerprint density at radius 2 is 1.90 bits per heavy atom. The predicted octanol–water partition coefficient (Wildman–Crippen LogP) is 3.26. The molecule has 0 aliphatic rings. The lowest BCUT2D eigenvalue weighted by molar-refractivity contribution is -0.145. The summed E-state index contributed by atoms with van der Waals surface area (Å²) in [5, 5.41) is 3.20. The minimum atomic E-state index is -0.300. The van der Waals surface area contributed by atoms with Crippen LogP contribution in [0.5, 0.6) is 0 Å². The fourth-order valence-corrected chi connectivity index (χ4v) is 2.21. The first-order valence-electron chi connectivity index (χ1n) is 7.15. The van der Waals surface area contributed by atoms with E-state index in [1.807, 2.05) is 19.1 Å². The molecule has 0 fully saturated rings. The Kier molecular flexibility index (Phi) is 6.65. The molecule has 0 heterocycles. The Balaban J connectivity index is 2.70. The van der Waals surface area contributed by atoms with Gasteiger partial charge in [0.15, 0.2) is 0 Å². The van der Waals surface area contributed by atoms with E-state index < -0.39 is 0 Å². The molecule has 1 aromatic carbocycles. The van der Waals surface area contributed by atoms with E-state index in [1.165, 1.54) is 0 Å². The van der Waals surface area contributed by atoms with Gasteiger partial charge in [-0.05, 0) is 43.9 Å². The van der Waals surface area contributed by atoms with Crippen LogP contribution in [0.3, 0.4) is 0 Å². The monoisotopic (exact) mass is 281 g/mol. The van der Waals surface area contributed by atoms with Gasteiger partial charge in [-0.1, -0.05) is 25.5 Å². The van der Waals surface area contributed by atoms with Crippen molar-refractivity contribution in [3.05, 3.63) is 34.6 Å². The number of ether oxygens (including phenoxy) is 1. The van der Waals surface area contributed by atoms with Crippen LogP contribution in [0.2, 0.25) is 0 Å². The van der Waals surface area contributed by atoms with E-state index in [2.05, 4.69) is 5.32 Å². The van der Waals surface area contributed by atoms with Crippen LogP contribution in [0.4, 0.5) is 4.39 Å². The molecule has 0 radical (unpaired) electrons. The van der Waals surface area contributed by atoms with E-state index >= 15 is 0 Å². The molecule has 1 atom stereocenters. The summed E-state index contributed by atoms with van der Waals surface area (Å²) in [5.74, 6) is -0.380. The third-order valence-corrected chi connectivity index (χ3v) is 3.20. The maximum Gasteiger partial charge on any atom is 0.323 e. The first kappa shape index (κ1) is 16.6. The van der Waals surface area contributed by atoms with Crippen molar-refractivity contribution in [2.75, 3.05) is 6.61 Å². The fourth-order valence-electron chi connectivity index (χ4n) is 2.21. The Bertz CT molecular complexity index is 437. The van der Waals surface area contributed by atoms with Gasteiger partial charge in [0.2, 0.25) is 0 Å². The molecule has 1 aromatic rings. The smallest absolute Gasteiger partial charge is 0.323 e. The third-order valence-electron chi connectivity index (χ3n) is 3.20. The highest BCUT2D eigenvalue weighted by Gasteiger charge is 2.18. The second-order valence-electron chi connectivity index (χ2n) is 5.02. The van der Waals surface area contributed by atoms with Crippen molar-refractivity contribution in [2.45, 2.75) is 53.1 Å². The van der Waals surface area contributed by atoms with Crippen LogP contribution in [-0.4, -0.2) is 18.6 Å². The molecule has 4 heteroatoms. The summed E-state index contributed by atoms with van der Waals surface area (Å²) in [4.78, 5) is 11.8. The molecule has 1 rings (SSSR count). The second-order valence-corrected chi connectivity index (χ2v) is 5.02. The van der Waals surface area contributed by atoms with Gasteiger partial charge in [-0.2, -0.15) is 0 Å². The van der Waals surface area contributed by atoms with Crippen molar-refractivity contribution in [2.24, 2.45) is 0 Å². The molecule has 3 nitrogen and oxygen atoms in total. The van der Waals surface area contributed by atoms with Crippen molar-refractivity contribution in [3.8, 4) is 0 Å². The Hall–Kier alpha value is -1.42. The third kappa shape index (κ3) is 4.60. The van der Waals surface area contributed by atoms with E-state index in [0.717, 1.165) is 18.4 Å². The number of hydrogen-bond acceptors (Lipinski definition) is 3. The average molecular weight is 281 g/mol. The zero-order chi connectivity index (χ0) is 15.1. The highest BCUT2D eigenvalue weighted by atomic mass is 19.1. The van der Waals surface area contributed by atoms with Crippen LogP contribution in [0.1, 0.15) is 43.4 Å². The minimum absolute atomic E-state index is 0.163. The van der Waals surface area contributed by atoms with Crippen LogP contribution in [-0.2, 0) is 16.1 Å². The summed E-state index contributed by atoms with van der Waals surface area (Å²) in [6.07, 6.45) is 1.63. The lowest BCUT2D eigenvalue weighted by Crippen LogP contribution is -2.37. The standard InChI is InChI=1S/C16H24FNO2/c1-5-7-14(16(19)20-6-2)18-10-13-8-11(3)15(17)12(4)9-13/h8-9,14,18H,5-7,10H2,1-4H3. The lowest BCUT2D eigenvalue weighted by atomic mass is 10.1. The van der Waals surface area contributed by atoms with Crippen LogP contribution in [0.15, 0.2) is 12.1 Å². The van der Waals surface area contributed by atoms with Gasteiger partial charge in [0.05, 0.1) is 6.61 Å². The predicted molar refractivity (Wildman–Crippen MR) is 78.0 cm³/mol. The van der Waals surface area contributed by atoms with Crippen molar-refractivity contribution < 1.29 is 13.9 Å². The molecule has 0 bridgehead atoms. The number of halogens is 1. The lowest BCUT2D eigenvalue weighted by Gasteiger charge is -2.17. The highest BCUT2D eigenvalue weighted by Crippen LogP contribution is 2.15. The molecule has 112 valence electrons. The number of carbonyl (C=O) groups is 1. The number of carbonyl (C=O) groups excluding carboxylic acids is 1. The van der Waals surface area contributed by atoms with Crippen LogP contribution in [0, 0.1) is 19.7 Å². The van der Waals surface area contributed by atoms with Crippen molar-refractivity contribution in [1.29, 1.82) is 0 Å². The number of hydrogen-bond donors (Lipinski definition) is 1. The van der Waals surface area contributed by atoms with Crippen molar-refractivity contribution >= 4 is 5.97 Å². The highest BCUT2D eigenvalue weighted by molar-refractivity contribution is 5.75. The fraction of sp³-hybridized carbons (Fsp3) is 0.562. The first-order valence-corrected chi connectivity index (χ1v) is 7.15. The summed E-state index contributed by atoms with van der Waals surface area (Å²) < 4.78 is 18.6. The second kappa shape index (κ2) is 8.00. The topological polar surface area (TPSA) is 38.3 Å². The maximum atomic E-state index is 13.6. The quantitative estimate of drug-likeness (QED) is 0.780. The number of esters is 1. The zero-order valence-electron chi connectivity index (χ0n) is 12.8. The van der Waals surface area contributed by atoms with Crippen molar-refractivity contribution in [3.63, 3.8) is 0 Å². The van der Waals surface area contributed by atoms with Gasteiger partial charge in [0, 0.05) is 6.54 Å². The largest absolute Gasteiger partial charge is 0.465 e. The Morgan fingerprint density at radius 1 is 1.30 bits per heavy atom. The normalized spacial score (nSPS) is 12.2. The summed E-state index contributed by atoms with van der Waals surface area (Å²) in [7, 11) is 0. The average Bonchev–Trinajstić information content (AvgIpc) is 2.40. The summed E-state index contributed by atoms with van der Waals surface area (Å²) >= 11 is 0. The molecular weight excluding hydrogens is 257 g/mol. The van der Waals surface area contributed by atoms with Crippen molar-refractivity contribution in [1.82, 2.24) is 5.32 Å². The van der Waals surface area contributed by atoms with E-state index in [1.54, 1.807) is 20.8 Å². The molecule has 1 N–H and O–H groups in total. The number of benzene rings is 1. The Labute approximate surface area is 120 Å². The van der Waals surface area contributed by atoms with Gasteiger partial charge < -0.3 is 10.1 Å². The van der Waals surface area contributed by atoms with Gasteiger partial charge in [-0.15, -0.1) is 0 Å². The van der Waals surface area contributed by atoms with E-state index in [4.69, 9.17) is 4.74 Å². The van der Waals surface area contributed by atoms with Gasteiger partial charge in [0.1, 0.15) is 11.9 Å². The van der Waals surface area contributed by atoms with Crippen LogP contribution >= 0.6 is 0 Å². The Morgan fingerprint density at radius 3 is 2.40 bits per heavy atom. The maximum absolute atomic E-state index is 13.6. The number of nitrogens with one attached hydrogen (secondary N) is 1. The molecule has 0 amide bonds. The van der Waals surface area contributed by atoms with Crippen LogP contribution in [0.25, 0.3) is 0 Å². The number of rotatable bonds is 7. The zero-order valence-corrected chi connectivity index (χ0v) is 12.8. The van der Waals surface area contributed by atoms with E-state index in [-0.39, 0.29) is 17.8 Å². The molecule has 0 saturated carbocycles. The molecule has 20 heavy (non-hydrogen) atoms. The number of aryl methyl sites for hydroxylation is 2. The SMILES string of the molecule is CCCC(NCc1cc(C)c(F)c(C)c1)C(=O)OCC. The van der Waals surface area contributed by atoms with E-state index in [0.29, 0.717) is 24.3 Å². The summed E-state index contributed by atoms with van der Waals surface area (Å²) in [5.41, 5.74) is 2.24. The van der Waals surface area contributed by atoms with Gasteiger partial charge in [-0.25, -0.2) is 4.39 Å². The molecule has 0 saturated heterocycles. The van der Waals surface area contributed by atoms with Crippen LogP contribution < -0.4 is 5.32 Å². The summed E-state index contributed by atoms with van der Waals surface area (Å²) in [6.45, 7) is 8.25. The molecular formula is C16H24FNO2. The summed E-state index contributed by atoms with van der Waals surface area (Å²) in [6, 6.07) is 3.32. The molecule has 0 aromatic heterocycles. The molecule has 0 spiro atoms. The first-order chi connectivity index (χ1) is 9.49. The molecule has 0 aliphatic carbocycles.